The second-order valence-electron chi connectivity index (χ2n) is 5.11. The first kappa shape index (κ1) is 13.7. The summed E-state index contributed by atoms with van der Waals surface area (Å²) in [5.41, 5.74) is 1.46. The van der Waals surface area contributed by atoms with Crippen molar-refractivity contribution in [3.8, 4) is 0 Å². The van der Waals surface area contributed by atoms with Crippen molar-refractivity contribution in [1.29, 1.82) is 0 Å². The monoisotopic (exact) mass is 303 g/mol. The minimum absolute atomic E-state index is 0.949. The first-order chi connectivity index (χ1) is 9.74. The molecule has 104 valence electrons. The topological polar surface area (TPSA) is 29.0 Å². The van der Waals surface area contributed by atoms with E-state index in [0.29, 0.717) is 0 Å². The summed E-state index contributed by atoms with van der Waals surface area (Å²) in [5.74, 6) is 0. The van der Waals surface area contributed by atoms with Gasteiger partial charge in [-0.05, 0) is 49.1 Å². The van der Waals surface area contributed by atoms with Crippen LogP contribution in [0.15, 0.2) is 30.5 Å². The van der Waals surface area contributed by atoms with Gasteiger partial charge in [0.25, 0.3) is 0 Å². The summed E-state index contributed by atoms with van der Waals surface area (Å²) in [6.07, 6.45) is 3.94. The Kier molecular flexibility index (Phi) is 4.10. The lowest BCUT2D eigenvalue weighted by molar-refractivity contribution is 0.414. The largest absolute Gasteiger partial charge is 0.309 e. The van der Waals surface area contributed by atoms with E-state index in [1.165, 1.54) is 36.9 Å². The summed E-state index contributed by atoms with van der Waals surface area (Å²) in [7, 11) is 4.25. The van der Waals surface area contributed by atoms with Gasteiger partial charge in [0, 0.05) is 22.5 Å². The van der Waals surface area contributed by atoms with Crippen molar-refractivity contribution in [3.63, 3.8) is 0 Å². The highest BCUT2D eigenvalue weighted by Gasteiger charge is 2.13. The molecule has 2 aromatic heterocycles. The normalized spacial score (nSPS) is 11.6. The molecule has 0 aliphatic heterocycles. The number of likely N-dealkylation sites (N-methyl/N-ethyl adjacent to an activating group) is 1. The van der Waals surface area contributed by atoms with Crippen molar-refractivity contribution in [1.82, 2.24) is 14.5 Å². The Balaban J connectivity index is 1.99. The molecule has 3 nitrogen and oxygen atoms in total. The molecule has 3 aromatic rings. The number of rotatable bonds is 5. The molecule has 0 spiro atoms. The van der Waals surface area contributed by atoms with Gasteiger partial charge in [-0.25, -0.2) is 0 Å². The van der Waals surface area contributed by atoms with Gasteiger partial charge in [0.15, 0.2) is 0 Å². The highest BCUT2D eigenvalue weighted by Crippen LogP contribution is 2.33. The third-order valence-electron chi connectivity index (χ3n) is 3.33. The molecule has 0 N–H and O–H groups in total. The lowest BCUT2D eigenvalue weighted by Gasteiger charge is -2.09. The Morgan fingerprint density at radius 1 is 1.20 bits per heavy atom. The molecular formula is C15H17N3S2. The summed E-state index contributed by atoms with van der Waals surface area (Å²) in [6.45, 7) is 1.08. The van der Waals surface area contributed by atoms with Crippen LogP contribution in [0.4, 0.5) is 0 Å². The Morgan fingerprint density at radius 3 is 2.80 bits per heavy atom. The van der Waals surface area contributed by atoms with E-state index in [2.05, 4.69) is 52.8 Å². The first-order valence-electron chi connectivity index (χ1n) is 6.64. The molecule has 2 heterocycles. The maximum atomic E-state index is 3.97. The molecule has 0 saturated heterocycles. The molecule has 0 aliphatic rings. The lowest BCUT2D eigenvalue weighted by Crippen LogP contribution is -2.15. The lowest BCUT2D eigenvalue weighted by atomic mass is 10.1. The van der Waals surface area contributed by atoms with E-state index in [4.69, 9.17) is 0 Å². The Hall–Kier alpha value is -1.30. The number of benzene rings is 1. The third-order valence-corrected chi connectivity index (χ3v) is 5.26. The highest BCUT2D eigenvalue weighted by molar-refractivity contribution is 7.19. The fraction of sp³-hybridized carbons (Fsp3) is 0.333. The molecule has 0 atom stereocenters. The summed E-state index contributed by atoms with van der Waals surface area (Å²) in [5, 5.41) is 5.34. The van der Waals surface area contributed by atoms with E-state index in [0.717, 1.165) is 19.4 Å². The van der Waals surface area contributed by atoms with Crippen LogP contribution in [-0.4, -0.2) is 35.1 Å². The fourth-order valence-corrected chi connectivity index (χ4v) is 4.02. The van der Waals surface area contributed by atoms with Crippen molar-refractivity contribution in [2.45, 2.75) is 12.8 Å². The number of hydrogen-bond acceptors (Lipinski definition) is 5. The van der Waals surface area contributed by atoms with Crippen molar-refractivity contribution in [2.75, 3.05) is 20.6 Å². The zero-order chi connectivity index (χ0) is 13.9. The Labute approximate surface area is 127 Å². The summed E-state index contributed by atoms with van der Waals surface area (Å²) >= 11 is 3.42. The molecule has 0 aliphatic carbocycles. The van der Waals surface area contributed by atoms with Crippen molar-refractivity contribution in [2.24, 2.45) is 0 Å². The number of nitrogens with zero attached hydrogens (tertiary/aromatic N) is 3. The zero-order valence-corrected chi connectivity index (χ0v) is 13.3. The maximum absolute atomic E-state index is 3.97. The molecule has 0 amide bonds. The molecule has 0 radical (unpaired) electrons. The van der Waals surface area contributed by atoms with Gasteiger partial charge < -0.3 is 4.90 Å². The number of hydrogen-bond donors (Lipinski definition) is 0. The van der Waals surface area contributed by atoms with Crippen molar-refractivity contribution >= 4 is 33.0 Å². The quantitative estimate of drug-likeness (QED) is 0.723. The smallest absolute Gasteiger partial charge is 0.0656 e. The van der Waals surface area contributed by atoms with Gasteiger partial charge in [-0.15, -0.1) is 16.4 Å². The molecule has 0 fully saturated rings. The summed E-state index contributed by atoms with van der Waals surface area (Å²) in [4.78, 5) is 4.97. The fourth-order valence-electron chi connectivity index (χ4n) is 2.31. The van der Waals surface area contributed by atoms with Crippen LogP contribution in [0.2, 0.25) is 0 Å². The van der Waals surface area contributed by atoms with Crippen LogP contribution in [0.25, 0.3) is 10.1 Å². The van der Waals surface area contributed by atoms with Crippen LogP contribution in [0.5, 0.6) is 0 Å². The van der Waals surface area contributed by atoms with Gasteiger partial charge in [-0.3, -0.25) is 0 Å². The van der Waals surface area contributed by atoms with Crippen LogP contribution >= 0.6 is 22.9 Å². The molecule has 3 rings (SSSR count). The van der Waals surface area contributed by atoms with E-state index in [1.807, 2.05) is 17.5 Å². The SMILES string of the molecule is CN(C)CCc1sc2ccccc2c1Cc1cnns1. The van der Waals surface area contributed by atoms with Gasteiger partial charge >= 0.3 is 0 Å². The number of fused-ring (bicyclic) bond motifs is 1. The van der Waals surface area contributed by atoms with E-state index in [9.17, 15) is 0 Å². The number of aromatic nitrogens is 2. The number of thiophene rings is 1. The molecular weight excluding hydrogens is 286 g/mol. The third kappa shape index (κ3) is 2.90. The van der Waals surface area contributed by atoms with E-state index >= 15 is 0 Å². The van der Waals surface area contributed by atoms with E-state index in [1.54, 1.807) is 0 Å². The average molecular weight is 303 g/mol. The van der Waals surface area contributed by atoms with E-state index in [-0.39, 0.29) is 0 Å². The van der Waals surface area contributed by atoms with Crippen LogP contribution in [0.1, 0.15) is 15.3 Å². The van der Waals surface area contributed by atoms with E-state index < -0.39 is 0 Å². The molecule has 0 saturated carbocycles. The zero-order valence-electron chi connectivity index (χ0n) is 11.7. The molecule has 20 heavy (non-hydrogen) atoms. The van der Waals surface area contributed by atoms with Gasteiger partial charge in [-0.2, -0.15) is 0 Å². The van der Waals surface area contributed by atoms with Crippen molar-refractivity contribution < 1.29 is 0 Å². The maximum Gasteiger partial charge on any atom is 0.0656 e. The van der Waals surface area contributed by atoms with Gasteiger partial charge in [0.1, 0.15) is 0 Å². The summed E-state index contributed by atoms with van der Waals surface area (Å²) in [6, 6.07) is 8.69. The standard InChI is InChI=1S/C15H17N3S2/c1-18(2)8-7-15-13(9-11-10-16-17-20-11)12-5-3-4-6-14(12)19-15/h3-6,10H,7-9H2,1-2H3. The minimum atomic E-state index is 0.949. The molecule has 1 aromatic carbocycles. The second-order valence-corrected chi connectivity index (χ2v) is 7.12. The van der Waals surface area contributed by atoms with Crippen LogP contribution < -0.4 is 0 Å². The van der Waals surface area contributed by atoms with Crippen molar-refractivity contribution in [3.05, 3.63) is 45.8 Å². The molecule has 0 unspecified atom stereocenters. The summed E-state index contributed by atoms with van der Waals surface area (Å²) < 4.78 is 5.36. The molecule has 0 bridgehead atoms. The van der Waals surface area contributed by atoms with Gasteiger partial charge in [-0.1, -0.05) is 22.7 Å². The first-order valence-corrected chi connectivity index (χ1v) is 8.23. The van der Waals surface area contributed by atoms with Crippen LogP contribution in [0, 0.1) is 0 Å². The Bertz CT molecular complexity index is 686. The van der Waals surface area contributed by atoms with Gasteiger partial charge in [0.05, 0.1) is 11.1 Å². The highest BCUT2D eigenvalue weighted by atomic mass is 32.1. The van der Waals surface area contributed by atoms with Crippen LogP contribution in [-0.2, 0) is 12.8 Å². The predicted octanol–water partition coefficient (Wildman–Crippen LogP) is 3.45. The average Bonchev–Trinajstić information content (AvgIpc) is 3.05. The predicted molar refractivity (Wildman–Crippen MR) is 86.8 cm³/mol. The Morgan fingerprint density at radius 2 is 2.05 bits per heavy atom. The minimum Gasteiger partial charge on any atom is -0.309 e. The van der Waals surface area contributed by atoms with Gasteiger partial charge in [0.2, 0.25) is 0 Å². The second kappa shape index (κ2) is 5.99. The van der Waals surface area contributed by atoms with Crippen LogP contribution in [0.3, 0.4) is 0 Å². The molecule has 5 heteroatoms.